The van der Waals surface area contributed by atoms with E-state index >= 15 is 0 Å². The second-order valence-corrected chi connectivity index (χ2v) is 7.57. The van der Waals surface area contributed by atoms with E-state index in [9.17, 15) is 14.0 Å². The summed E-state index contributed by atoms with van der Waals surface area (Å²) in [5.41, 5.74) is 2.02. The van der Waals surface area contributed by atoms with Crippen LogP contribution in [-0.2, 0) is 22.4 Å². The third-order valence-electron chi connectivity index (χ3n) is 5.53. The van der Waals surface area contributed by atoms with E-state index in [1.54, 1.807) is 17.0 Å². The van der Waals surface area contributed by atoms with E-state index in [1.807, 2.05) is 23.1 Å². The van der Waals surface area contributed by atoms with Crippen molar-refractivity contribution in [1.82, 2.24) is 9.80 Å². The summed E-state index contributed by atoms with van der Waals surface area (Å²) in [4.78, 5) is 28.6. The first-order valence-electron chi connectivity index (χ1n) is 10.5. The molecule has 2 aromatic carbocycles. The molecule has 2 amide bonds. The fourth-order valence-electron chi connectivity index (χ4n) is 3.73. The van der Waals surface area contributed by atoms with E-state index in [0.29, 0.717) is 45.4 Å². The molecule has 1 aliphatic rings. The lowest BCUT2D eigenvalue weighted by Gasteiger charge is -2.35. The molecule has 1 heterocycles. The summed E-state index contributed by atoms with van der Waals surface area (Å²) in [5.74, 6) is -0.00869. The van der Waals surface area contributed by atoms with E-state index in [2.05, 4.69) is 12.1 Å². The molecule has 0 aliphatic carbocycles. The molecular weight excluding hydrogens is 383 g/mol. The summed E-state index contributed by atoms with van der Waals surface area (Å²) in [7, 11) is 1.43. The minimum atomic E-state index is -0.415. The van der Waals surface area contributed by atoms with Gasteiger partial charge in [0, 0.05) is 39.0 Å². The van der Waals surface area contributed by atoms with Crippen LogP contribution in [0.2, 0.25) is 0 Å². The fraction of sp³-hybridized carbons (Fsp3) is 0.417. The van der Waals surface area contributed by atoms with Gasteiger partial charge in [-0.2, -0.15) is 0 Å². The van der Waals surface area contributed by atoms with Crippen molar-refractivity contribution < 1.29 is 18.7 Å². The van der Waals surface area contributed by atoms with Gasteiger partial charge < -0.3 is 14.5 Å². The molecule has 0 N–H and O–H groups in total. The minimum absolute atomic E-state index is 0.0439. The third-order valence-corrected chi connectivity index (χ3v) is 5.53. The summed E-state index contributed by atoms with van der Waals surface area (Å²) >= 11 is 0. The number of carbonyl (C=O) groups excluding carboxylic acids is 2. The lowest BCUT2D eigenvalue weighted by molar-refractivity contribution is -0.139. The van der Waals surface area contributed by atoms with Crippen LogP contribution < -0.4 is 4.74 Å². The van der Waals surface area contributed by atoms with E-state index in [-0.39, 0.29) is 17.6 Å². The van der Waals surface area contributed by atoms with E-state index < -0.39 is 5.82 Å². The highest BCUT2D eigenvalue weighted by Crippen LogP contribution is 2.19. The number of halogens is 1. The molecule has 0 unspecified atom stereocenters. The Hall–Kier alpha value is -2.89. The number of benzene rings is 2. The number of rotatable bonds is 8. The van der Waals surface area contributed by atoms with E-state index in [1.165, 1.54) is 18.7 Å². The Morgan fingerprint density at radius 3 is 2.10 bits per heavy atom. The van der Waals surface area contributed by atoms with Crippen LogP contribution in [0.3, 0.4) is 0 Å². The molecule has 160 valence electrons. The van der Waals surface area contributed by atoms with Crippen molar-refractivity contribution in [3.05, 3.63) is 65.5 Å². The van der Waals surface area contributed by atoms with Gasteiger partial charge in [-0.25, -0.2) is 4.39 Å². The predicted molar refractivity (Wildman–Crippen MR) is 114 cm³/mol. The van der Waals surface area contributed by atoms with E-state index in [0.717, 1.165) is 18.4 Å². The number of ether oxygens (including phenoxy) is 1. The zero-order chi connectivity index (χ0) is 21.3. The maximum absolute atomic E-state index is 13.8. The molecule has 0 saturated carbocycles. The van der Waals surface area contributed by atoms with Crippen molar-refractivity contribution in [2.24, 2.45) is 0 Å². The lowest BCUT2D eigenvalue weighted by Crippen LogP contribution is -2.50. The maximum Gasteiger partial charge on any atom is 0.223 e. The Bertz CT molecular complexity index is 849. The van der Waals surface area contributed by atoms with Crippen LogP contribution in [0.1, 0.15) is 30.4 Å². The van der Waals surface area contributed by atoms with Crippen LogP contribution in [0.5, 0.6) is 5.75 Å². The van der Waals surface area contributed by atoms with Crippen LogP contribution in [-0.4, -0.2) is 54.9 Å². The van der Waals surface area contributed by atoms with Crippen LogP contribution in [0.25, 0.3) is 0 Å². The van der Waals surface area contributed by atoms with Gasteiger partial charge in [-0.3, -0.25) is 9.59 Å². The highest BCUT2D eigenvalue weighted by molar-refractivity contribution is 5.78. The molecule has 1 fully saturated rings. The Labute approximate surface area is 177 Å². The molecule has 0 atom stereocenters. The van der Waals surface area contributed by atoms with Crippen LogP contribution in [0.4, 0.5) is 4.39 Å². The Morgan fingerprint density at radius 1 is 0.867 bits per heavy atom. The zero-order valence-corrected chi connectivity index (χ0v) is 17.5. The van der Waals surface area contributed by atoms with Crippen molar-refractivity contribution in [3.8, 4) is 5.75 Å². The second-order valence-electron chi connectivity index (χ2n) is 7.57. The van der Waals surface area contributed by atoms with Gasteiger partial charge in [0.1, 0.15) is 0 Å². The summed E-state index contributed by atoms with van der Waals surface area (Å²) in [6.45, 7) is 2.26. The van der Waals surface area contributed by atoms with E-state index in [4.69, 9.17) is 4.74 Å². The molecule has 1 saturated heterocycles. The smallest absolute Gasteiger partial charge is 0.223 e. The molecule has 1 aliphatic heterocycles. The third kappa shape index (κ3) is 6.05. The van der Waals surface area contributed by atoms with Gasteiger partial charge in [-0.05, 0) is 42.5 Å². The number of amides is 2. The zero-order valence-electron chi connectivity index (χ0n) is 17.5. The van der Waals surface area contributed by atoms with Crippen LogP contribution in [0, 0.1) is 5.82 Å². The van der Waals surface area contributed by atoms with Gasteiger partial charge in [-0.1, -0.05) is 36.4 Å². The van der Waals surface area contributed by atoms with Crippen molar-refractivity contribution >= 4 is 11.8 Å². The van der Waals surface area contributed by atoms with Crippen molar-refractivity contribution in [2.75, 3.05) is 33.3 Å². The number of nitrogens with zero attached hydrogens (tertiary/aromatic N) is 2. The number of methoxy groups -OCH3 is 1. The Kier molecular flexibility index (Phi) is 7.82. The average molecular weight is 413 g/mol. The summed E-state index contributed by atoms with van der Waals surface area (Å²) in [6.07, 6.45) is 3.08. The lowest BCUT2D eigenvalue weighted by atomic mass is 10.1. The molecule has 2 aromatic rings. The quantitative estimate of drug-likeness (QED) is 0.667. The monoisotopic (exact) mass is 412 g/mol. The van der Waals surface area contributed by atoms with Crippen molar-refractivity contribution in [2.45, 2.75) is 32.1 Å². The predicted octanol–water partition coefficient (Wildman–Crippen LogP) is 3.46. The van der Waals surface area contributed by atoms with Gasteiger partial charge in [0.05, 0.1) is 7.11 Å². The standard InChI is InChI=1S/C24H29FN2O3/c1-30-22-12-10-20(18-21(22)25)11-13-24(29)27-16-14-26(15-17-27)23(28)9-5-8-19-6-3-2-4-7-19/h2-4,6-7,10,12,18H,5,8-9,11,13-17H2,1H3. The molecule has 0 spiro atoms. The summed E-state index contributed by atoms with van der Waals surface area (Å²) in [5, 5.41) is 0. The largest absolute Gasteiger partial charge is 0.494 e. The molecule has 0 radical (unpaired) electrons. The van der Waals surface area contributed by atoms with Gasteiger partial charge in [-0.15, -0.1) is 0 Å². The highest BCUT2D eigenvalue weighted by atomic mass is 19.1. The van der Waals surface area contributed by atoms with Gasteiger partial charge in [0.15, 0.2) is 11.6 Å². The van der Waals surface area contributed by atoms with Gasteiger partial charge in [0.2, 0.25) is 11.8 Å². The van der Waals surface area contributed by atoms with Crippen LogP contribution >= 0.6 is 0 Å². The van der Waals surface area contributed by atoms with Gasteiger partial charge in [0.25, 0.3) is 0 Å². The SMILES string of the molecule is COc1ccc(CCC(=O)N2CCN(C(=O)CCCc3ccccc3)CC2)cc1F. The molecule has 6 heteroatoms. The first-order valence-corrected chi connectivity index (χ1v) is 10.5. The number of hydrogen-bond donors (Lipinski definition) is 0. The number of aryl methyl sites for hydroxylation is 2. The minimum Gasteiger partial charge on any atom is -0.494 e. The Balaban J connectivity index is 1.37. The maximum atomic E-state index is 13.8. The van der Waals surface area contributed by atoms with Crippen molar-refractivity contribution in [3.63, 3.8) is 0 Å². The highest BCUT2D eigenvalue weighted by Gasteiger charge is 2.23. The first kappa shape index (κ1) is 21.8. The Morgan fingerprint density at radius 2 is 1.50 bits per heavy atom. The summed E-state index contributed by atoms with van der Waals surface area (Å²) < 4.78 is 18.7. The topological polar surface area (TPSA) is 49.9 Å². The average Bonchev–Trinajstić information content (AvgIpc) is 2.78. The molecule has 30 heavy (non-hydrogen) atoms. The first-order chi connectivity index (χ1) is 14.6. The summed E-state index contributed by atoms with van der Waals surface area (Å²) in [6, 6.07) is 14.9. The fourth-order valence-corrected chi connectivity index (χ4v) is 3.73. The molecule has 0 aromatic heterocycles. The van der Waals surface area contributed by atoms with Gasteiger partial charge >= 0.3 is 0 Å². The van der Waals surface area contributed by atoms with Crippen LogP contribution in [0.15, 0.2) is 48.5 Å². The van der Waals surface area contributed by atoms with Crippen molar-refractivity contribution in [1.29, 1.82) is 0 Å². The molecule has 3 rings (SSSR count). The second kappa shape index (κ2) is 10.8. The normalized spacial score (nSPS) is 13.9. The number of hydrogen-bond acceptors (Lipinski definition) is 3. The number of piperazine rings is 1. The molecule has 5 nitrogen and oxygen atoms in total. The number of carbonyl (C=O) groups is 2. The molecule has 0 bridgehead atoms. The molecular formula is C24H29FN2O3.